The van der Waals surface area contributed by atoms with Crippen LogP contribution in [0, 0.1) is 6.92 Å². The first-order valence-corrected chi connectivity index (χ1v) is 14.5. The molecule has 0 bridgehead atoms. The van der Waals surface area contributed by atoms with Gasteiger partial charge in [-0.15, -0.1) is 0 Å². The molecule has 1 heterocycles. The second-order valence-electron chi connectivity index (χ2n) is 10.4. The van der Waals surface area contributed by atoms with Crippen molar-refractivity contribution in [2.75, 3.05) is 13.2 Å². The molecule has 0 aliphatic rings. The topological polar surface area (TPSA) is 98.0 Å². The summed E-state index contributed by atoms with van der Waals surface area (Å²) in [6.45, 7) is 5.34. The molecule has 0 aliphatic heterocycles. The van der Waals surface area contributed by atoms with E-state index in [-0.39, 0.29) is 13.0 Å². The van der Waals surface area contributed by atoms with Gasteiger partial charge in [0.2, 0.25) is 0 Å². The Kier molecular flexibility index (Phi) is 10.8. The molecule has 1 aromatic heterocycles. The number of para-hydroxylation sites is 2. The lowest BCUT2D eigenvalue weighted by atomic mass is 10.0. The van der Waals surface area contributed by atoms with Gasteiger partial charge in [-0.25, -0.2) is 0 Å². The van der Waals surface area contributed by atoms with Crippen molar-refractivity contribution in [3.05, 3.63) is 94.7 Å². The molecular formula is C35H39NO6. The number of carboxylic acid groups (broad SMARTS) is 2. The average Bonchev–Trinajstić information content (AvgIpc) is 3.31. The highest BCUT2D eigenvalue weighted by Gasteiger charge is 2.14. The minimum Gasteiger partial charge on any atom is -0.494 e. The molecular weight excluding hydrogens is 530 g/mol. The molecule has 7 nitrogen and oxygen atoms in total. The van der Waals surface area contributed by atoms with Crippen LogP contribution >= 0.6 is 0 Å². The number of aromatic nitrogens is 1. The molecule has 7 heteroatoms. The smallest absolute Gasteiger partial charge is 0.323 e. The van der Waals surface area contributed by atoms with Gasteiger partial charge in [-0.1, -0.05) is 67.6 Å². The molecule has 42 heavy (non-hydrogen) atoms. The van der Waals surface area contributed by atoms with Gasteiger partial charge in [0, 0.05) is 18.0 Å². The van der Waals surface area contributed by atoms with E-state index < -0.39 is 11.9 Å². The number of hydrogen-bond acceptors (Lipinski definition) is 4. The molecule has 0 fully saturated rings. The molecule has 0 aliphatic carbocycles. The molecule has 220 valence electrons. The summed E-state index contributed by atoms with van der Waals surface area (Å²) in [4.78, 5) is 22.5. The molecule has 0 spiro atoms. The second-order valence-corrected chi connectivity index (χ2v) is 10.4. The number of rotatable bonds is 16. The summed E-state index contributed by atoms with van der Waals surface area (Å²) in [7, 11) is 0. The molecule has 0 radical (unpaired) electrons. The number of hydrogen-bond donors (Lipinski definition) is 2. The maximum absolute atomic E-state index is 11.5. The van der Waals surface area contributed by atoms with Gasteiger partial charge in [0.15, 0.2) is 0 Å². The fraction of sp³-hybridized carbons (Fsp3) is 0.314. The number of aryl methyl sites for hydroxylation is 3. The number of carbonyl (C=O) groups is 2. The minimum absolute atomic E-state index is 0.0765. The largest absolute Gasteiger partial charge is 0.494 e. The summed E-state index contributed by atoms with van der Waals surface area (Å²) >= 11 is 0. The third-order valence-electron chi connectivity index (χ3n) is 7.22. The third-order valence-corrected chi connectivity index (χ3v) is 7.22. The highest BCUT2D eigenvalue weighted by atomic mass is 16.5. The van der Waals surface area contributed by atoms with Gasteiger partial charge in [0.1, 0.15) is 18.0 Å². The summed E-state index contributed by atoms with van der Waals surface area (Å²) in [5, 5.41) is 19.4. The van der Waals surface area contributed by atoms with Crippen molar-refractivity contribution in [1.29, 1.82) is 0 Å². The minimum atomic E-state index is -0.928. The van der Waals surface area contributed by atoms with Crippen LogP contribution in [-0.4, -0.2) is 39.9 Å². The van der Waals surface area contributed by atoms with Gasteiger partial charge in [-0.3, -0.25) is 9.59 Å². The van der Waals surface area contributed by atoms with Gasteiger partial charge < -0.3 is 24.3 Å². The van der Waals surface area contributed by atoms with E-state index >= 15 is 0 Å². The van der Waals surface area contributed by atoms with E-state index in [0.717, 1.165) is 58.4 Å². The Balaban J connectivity index is 1.33. The lowest BCUT2D eigenvalue weighted by Crippen LogP contribution is -2.07. The van der Waals surface area contributed by atoms with Crippen LogP contribution in [0.25, 0.3) is 23.1 Å². The Morgan fingerprint density at radius 2 is 1.57 bits per heavy atom. The summed E-state index contributed by atoms with van der Waals surface area (Å²) in [6.07, 6.45) is 9.72. The highest BCUT2D eigenvalue weighted by molar-refractivity contribution is 5.94. The van der Waals surface area contributed by atoms with Crippen molar-refractivity contribution in [3.63, 3.8) is 0 Å². The van der Waals surface area contributed by atoms with Crippen molar-refractivity contribution in [1.82, 2.24) is 4.57 Å². The normalized spacial score (nSPS) is 11.3. The van der Waals surface area contributed by atoms with Crippen LogP contribution in [-0.2, 0) is 29.0 Å². The molecule has 3 aromatic carbocycles. The summed E-state index contributed by atoms with van der Waals surface area (Å²) in [5.74, 6) is 0.0526. The van der Waals surface area contributed by atoms with Crippen LogP contribution in [0.4, 0.5) is 0 Å². The van der Waals surface area contributed by atoms with E-state index in [4.69, 9.17) is 14.6 Å². The van der Waals surface area contributed by atoms with Crippen LogP contribution in [0.3, 0.4) is 0 Å². The number of nitrogens with zero attached hydrogens (tertiary/aromatic N) is 1. The standard InChI is InChI=1S/C35H39NO6/c1-3-27-10-6-9-25(2)35(27)42-22-5-4-21-41-30-19-16-26(17-20-30)15-18-28-11-7-13-31-29(12-8-14-32(37)38)23-36(34(28)31)24-33(39)40/h6-7,9-11,13,15-20,23H,3-5,8,12,14,21-22,24H2,1-2H3,(H,37,38)(H,39,40)/b18-15+. The molecule has 4 rings (SSSR count). The van der Waals surface area contributed by atoms with Crippen molar-refractivity contribution >= 4 is 35.0 Å². The van der Waals surface area contributed by atoms with Gasteiger partial charge in [0.25, 0.3) is 0 Å². The maximum atomic E-state index is 11.5. The fourth-order valence-corrected chi connectivity index (χ4v) is 5.13. The van der Waals surface area contributed by atoms with E-state index in [9.17, 15) is 14.7 Å². The fourth-order valence-electron chi connectivity index (χ4n) is 5.13. The lowest BCUT2D eigenvalue weighted by Gasteiger charge is -2.13. The Morgan fingerprint density at radius 3 is 2.29 bits per heavy atom. The summed E-state index contributed by atoms with van der Waals surface area (Å²) in [6, 6.07) is 20.0. The number of unbranched alkanes of at least 4 members (excludes halogenated alkanes) is 1. The van der Waals surface area contributed by atoms with Gasteiger partial charge in [-0.2, -0.15) is 0 Å². The van der Waals surface area contributed by atoms with Crippen molar-refractivity contribution in [2.24, 2.45) is 0 Å². The molecule has 0 atom stereocenters. The van der Waals surface area contributed by atoms with E-state index in [2.05, 4.69) is 32.0 Å². The molecule has 2 N–H and O–H groups in total. The Labute approximate surface area is 247 Å². The SMILES string of the molecule is CCc1cccc(C)c1OCCCCOc1ccc(/C=C/c2cccc3c(CCCC(=O)O)cn(CC(=O)O)c23)cc1. The maximum Gasteiger partial charge on any atom is 0.323 e. The molecule has 0 saturated carbocycles. The van der Waals surface area contributed by atoms with Crippen LogP contribution in [0.5, 0.6) is 11.5 Å². The molecule has 4 aromatic rings. The monoisotopic (exact) mass is 569 g/mol. The first kappa shape index (κ1) is 30.4. The Hall–Kier alpha value is -4.52. The lowest BCUT2D eigenvalue weighted by molar-refractivity contribution is -0.138. The van der Waals surface area contributed by atoms with Crippen LogP contribution in [0.15, 0.2) is 66.9 Å². The second kappa shape index (κ2) is 14.9. The van der Waals surface area contributed by atoms with Crippen LogP contribution in [0.2, 0.25) is 0 Å². The molecule has 0 saturated heterocycles. The van der Waals surface area contributed by atoms with Gasteiger partial charge >= 0.3 is 11.9 Å². The quantitative estimate of drug-likeness (QED) is 0.108. The number of aliphatic carboxylic acids is 2. The van der Waals surface area contributed by atoms with E-state index in [1.807, 2.05) is 60.8 Å². The molecule has 0 amide bonds. The van der Waals surface area contributed by atoms with Crippen molar-refractivity contribution in [2.45, 2.75) is 58.9 Å². The Bertz CT molecular complexity index is 1530. The van der Waals surface area contributed by atoms with Crippen LogP contribution < -0.4 is 9.47 Å². The first-order chi connectivity index (χ1) is 20.4. The summed E-state index contributed by atoms with van der Waals surface area (Å²) in [5.41, 5.74) is 6.09. The van der Waals surface area contributed by atoms with Gasteiger partial charge in [-0.05, 0) is 79.0 Å². The van der Waals surface area contributed by atoms with E-state index in [1.54, 1.807) is 4.57 Å². The number of benzene rings is 3. The highest BCUT2D eigenvalue weighted by Crippen LogP contribution is 2.28. The third kappa shape index (κ3) is 8.26. The zero-order valence-corrected chi connectivity index (χ0v) is 24.3. The van der Waals surface area contributed by atoms with Gasteiger partial charge in [0.05, 0.1) is 18.7 Å². The summed E-state index contributed by atoms with van der Waals surface area (Å²) < 4.78 is 13.7. The van der Waals surface area contributed by atoms with Crippen LogP contribution in [0.1, 0.15) is 60.4 Å². The predicted molar refractivity (Wildman–Crippen MR) is 166 cm³/mol. The van der Waals surface area contributed by atoms with E-state index in [1.165, 1.54) is 11.1 Å². The van der Waals surface area contributed by atoms with E-state index in [0.29, 0.717) is 26.1 Å². The zero-order valence-electron chi connectivity index (χ0n) is 24.3. The number of carboxylic acids is 2. The Morgan fingerprint density at radius 1 is 0.833 bits per heavy atom. The molecule has 0 unspecified atom stereocenters. The average molecular weight is 570 g/mol. The first-order valence-electron chi connectivity index (χ1n) is 14.5. The number of fused-ring (bicyclic) bond motifs is 1. The number of ether oxygens (including phenoxy) is 2. The van der Waals surface area contributed by atoms with Crippen molar-refractivity contribution < 1.29 is 29.3 Å². The van der Waals surface area contributed by atoms with Crippen molar-refractivity contribution in [3.8, 4) is 11.5 Å². The predicted octanol–water partition coefficient (Wildman–Crippen LogP) is 7.41. The zero-order chi connectivity index (χ0) is 29.9.